The number of esters is 1. The minimum absolute atomic E-state index is 0.103. The van der Waals surface area contributed by atoms with Crippen LogP contribution < -0.4 is 5.32 Å². The molecular weight excluding hydrogens is 510 g/mol. The molecule has 2 aliphatic heterocycles. The maximum absolute atomic E-state index is 15.0. The van der Waals surface area contributed by atoms with E-state index in [9.17, 15) is 27.2 Å². The Morgan fingerprint density at radius 2 is 1.92 bits per heavy atom. The second-order valence-electron chi connectivity index (χ2n) is 8.29. The summed E-state index contributed by atoms with van der Waals surface area (Å²) in [6.07, 6.45) is -4.65. The summed E-state index contributed by atoms with van der Waals surface area (Å²) in [4.78, 5) is 31.8. The molecule has 1 N–H and O–H groups in total. The standard InChI is InChI=1S/C26H23F4N3O3S/c1-3-36-24(35)22-15(2)32-25-33(23(22)19-9-4-5-10-20(19)27)18(14-37-25)12-21(34)31-13-16-7-6-8-17(11-16)26(28,29)30/h4-11,14,23H,3,12-13H2,1-2H3,(H,31,34)/t23-/m0/s1. The van der Waals surface area contributed by atoms with Gasteiger partial charge in [-0.05, 0) is 43.0 Å². The summed E-state index contributed by atoms with van der Waals surface area (Å²) in [5.74, 6) is -1.63. The van der Waals surface area contributed by atoms with Crippen molar-refractivity contribution in [3.63, 3.8) is 0 Å². The number of hydrogen-bond donors (Lipinski definition) is 1. The van der Waals surface area contributed by atoms with Crippen LogP contribution in [0.25, 0.3) is 0 Å². The number of benzene rings is 2. The van der Waals surface area contributed by atoms with Crippen molar-refractivity contribution in [3.8, 4) is 0 Å². The van der Waals surface area contributed by atoms with Gasteiger partial charge in [0.05, 0.1) is 35.9 Å². The van der Waals surface area contributed by atoms with Crippen LogP contribution >= 0.6 is 11.8 Å². The molecule has 2 aliphatic rings. The van der Waals surface area contributed by atoms with Crippen molar-refractivity contribution < 1.29 is 31.9 Å². The number of thioether (sulfide) groups is 1. The van der Waals surface area contributed by atoms with Gasteiger partial charge in [0.15, 0.2) is 5.17 Å². The minimum Gasteiger partial charge on any atom is -0.463 e. The number of nitrogens with one attached hydrogen (secondary N) is 1. The molecule has 2 aromatic rings. The number of alkyl halides is 3. The zero-order valence-electron chi connectivity index (χ0n) is 19.9. The van der Waals surface area contributed by atoms with E-state index in [1.165, 1.54) is 36.0 Å². The monoisotopic (exact) mass is 533 g/mol. The lowest BCUT2D eigenvalue weighted by Gasteiger charge is -2.36. The first-order chi connectivity index (χ1) is 17.6. The van der Waals surface area contributed by atoms with Crippen molar-refractivity contribution in [2.24, 2.45) is 4.99 Å². The fourth-order valence-corrected chi connectivity index (χ4v) is 5.08. The molecule has 0 spiro atoms. The zero-order chi connectivity index (χ0) is 26.7. The number of carbonyl (C=O) groups excluding carboxylic acids is 2. The largest absolute Gasteiger partial charge is 0.463 e. The maximum atomic E-state index is 15.0. The molecule has 0 fully saturated rings. The molecule has 6 nitrogen and oxygen atoms in total. The average molecular weight is 534 g/mol. The number of ether oxygens (including phenoxy) is 1. The van der Waals surface area contributed by atoms with E-state index in [0.29, 0.717) is 22.1 Å². The molecule has 0 aliphatic carbocycles. The number of hydrogen-bond acceptors (Lipinski definition) is 6. The zero-order valence-corrected chi connectivity index (χ0v) is 20.8. The fraction of sp³-hybridized carbons (Fsp3) is 0.269. The Balaban J connectivity index is 1.57. The van der Waals surface area contributed by atoms with Gasteiger partial charge >= 0.3 is 12.1 Å². The van der Waals surface area contributed by atoms with Crippen LogP contribution in [0.3, 0.4) is 0 Å². The van der Waals surface area contributed by atoms with Crippen LogP contribution in [0.5, 0.6) is 0 Å². The Bertz CT molecular complexity index is 1320. The Morgan fingerprint density at radius 3 is 2.62 bits per heavy atom. The quantitative estimate of drug-likeness (QED) is 0.366. The topological polar surface area (TPSA) is 71.0 Å². The molecule has 0 unspecified atom stereocenters. The third kappa shape index (κ3) is 5.71. The molecule has 0 aromatic heterocycles. The van der Waals surface area contributed by atoms with Crippen LogP contribution in [0, 0.1) is 5.82 Å². The number of allylic oxidation sites excluding steroid dienone is 1. The van der Waals surface area contributed by atoms with Crippen molar-refractivity contribution in [3.05, 3.63) is 93.4 Å². The van der Waals surface area contributed by atoms with Gasteiger partial charge in [0.25, 0.3) is 0 Å². The first kappa shape index (κ1) is 26.5. The van der Waals surface area contributed by atoms with Crippen LogP contribution in [-0.4, -0.2) is 28.6 Å². The first-order valence-electron chi connectivity index (χ1n) is 11.4. The minimum atomic E-state index is -4.49. The molecule has 0 radical (unpaired) electrons. The van der Waals surface area contributed by atoms with Gasteiger partial charge in [-0.3, -0.25) is 4.79 Å². The highest BCUT2D eigenvalue weighted by molar-refractivity contribution is 8.16. The lowest BCUT2D eigenvalue weighted by Crippen LogP contribution is -2.38. The van der Waals surface area contributed by atoms with Crippen LogP contribution in [0.2, 0.25) is 0 Å². The molecular formula is C26H23F4N3O3S. The predicted octanol–water partition coefficient (Wildman–Crippen LogP) is 5.69. The summed E-state index contributed by atoms with van der Waals surface area (Å²) >= 11 is 1.23. The lowest BCUT2D eigenvalue weighted by atomic mass is 9.93. The van der Waals surface area contributed by atoms with E-state index >= 15 is 0 Å². The molecule has 0 saturated heterocycles. The normalized spacial score (nSPS) is 17.2. The number of halogens is 4. The van der Waals surface area contributed by atoms with Crippen molar-refractivity contribution in [1.82, 2.24) is 10.2 Å². The van der Waals surface area contributed by atoms with Crippen molar-refractivity contribution in [1.29, 1.82) is 0 Å². The predicted molar refractivity (Wildman–Crippen MR) is 131 cm³/mol. The van der Waals surface area contributed by atoms with Gasteiger partial charge < -0.3 is 15.0 Å². The fourth-order valence-electron chi connectivity index (χ4n) is 4.12. The van der Waals surface area contributed by atoms with Gasteiger partial charge in [-0.2, -0.15) is 13.2 Å². The second kappa shape index (κ2) is 10.8. The molecule has 11 heteroatoms. The molecule has 194 valence electrons. The van der Waals surface area contributed by atoms with Gasteiger partial charge in [-0.25, -0.2) is 14.2 Å². The van der Waals surface area contributed by atoms with Crippen molar-refractivity contribution in [2.45, 2.75) is 39.0 Å². The Hall–Kier alpha value is -3.60. The number of aliphatic imine (C=N–C) groups is 1. The number of fused-ring (bicyclic) bond motifs is 1. The number of amides is 1. The third-order valence-electron chi connectivity index (χ3n) is 5.78. The molecule has 2 aromatic carbocycles. The molecule has 4 rings (SSSR count). The van der Waals surface area contributed by atoms with Gasteiger partial charge in [-0.15, -0.1) is 0 Å². The van der Waals surface area contributed by atoms with Crippen LogP contribution in [0.1, 0.15) is 43.0 Å². The number of amidine groups is 1. The average Bonchev–Trinajstić information content (AvgIpc) is 3.24. The maximum Gasteiger partial charge on any atom is 0.416 e. The second-order valence-corrected chi connectivity index (χ2v) is 9.12. The van der Waals surface area contributed by atoms with Crippen molar-refractivity contribution >= 4 is 28.8 Å². The van der Waals surface area contributed by atoms with E-state index in [1.807, 2.05) is 0 Å². The Morgan fingerprint density at radius 1 is 1.16 bits per heavy atom. The summed E-state index contributed by atoms with van der Waals surface area (Å²) in [6, 6.07) is 9.83. The van der Waals surface area contributed by atoms with Gasteiger partial charge in [0, 0.05) is 17.8 Å². The summed E-state index contributed by atoms with van der Waals surface area (Å²) < 4.78 is 59.2. The van der Waals surface area contributed by atoms with E-state index in [1.54, 1.807) is 36.3 Å². The lowest BCUT2D eigenvalue weighted by molar-refractivity contribution is -0.139. The van der Waals surface area contributed by atoms with Gasteiger partial charge in [0.1, 0.15) is 5.82 Å². The highest BCUT2D eigenvalue weighted by Gasteiger charge is 2.42. The van der Waals surface area contributed by atoms with E-state index in [0.717, 1.165) is 12.1 Å². The summed E-state index contributed by atoms with van der Waals surface area (Å²) in [7, 11) is 0. The Kier molecular flexibility index (Phi) is 7.72. The highest BCUT2D eigenvalue weighted by Crippen LogP contribution is 2.45. The number of nitrogens with zero attached hydrogens (tertiary/aromatic N) is 2. The molecule has 1 atom stereocenters. The summed E-state index contributed by atoms with van der Waals surface area (Å²) in [6.45, 7) is 3.32. The molecule has 1 amide bonds. The smallest absolute Gasteiger partial charge is 0.416 e. The van der Waals surface area contributed by atoms with Crippen LogP contribution in [0.15, 0.2) is 75.9 Å². The molecule has 37 heavy (non-hydrogen) atoms. The SMILES string of the molecule is CCOC(=O)C1=C(C)N=C2SC=C(CC(=O)NCc3cccc(C(F)(F)F)c3)N2[C@H]1c1ccccc1F. The summed E-state index contributed by atoms with van der Waals surface area (Å²) in [5, 5.41) is 4.79. The molecule has 2 heterocycles. The van der Waals surface area contributed by atoms with E-state index in [2.05, 4.69) is 10.3 Å². The van der Waals surface area contributed by atoms with E-state index in [4.69, 9.17) is 4.74 Å². The first-order valence-corrected chi connectivity index (χ1v) is 12.3. The number of carbonyl (C=O) groups is 2. The van der Waals surface area contributed by atoms with Crippen LogP contribution in [-0.2, 0) is 27.0 Å². The van der Waals surface area contributed by atoms with E-state index in [-0.39, 0.29) is 30.7 Å². The van der Waals surface area contributed by atoms with Gasteiger partial charge in [-0.1, -0.05) is 42.1 Å². The van der Waals surface area contributed by atoms with E-state index < -0.39 is 35.5 Å². The van der Waals surface area contributed by atoms with Crippen LogP contribution in [0.4, 0.5) is 17.6 Å². The molecule has 0 bridgehead atoms. The summed E-state index contributed by atoms with van der Waals surface area (Å²) in [5.41, 5.74) is 0.723. The molecule has 0 saturated carbocycles. The van der Waals surface area contributed by atoms with Gasteiger partial charge in [0.2, 0.25) is 5.91 Å². The third-order valence-corrected chi connectivity index (χ3v) is 6.67. The Labute approximate surface area is 215 Å². The van der Waals surface area contributed by atoms with Crippen molar-refractivity contribution in [2.75, 3.05) is 6.61 Å². The highest BCUT2D eigenvalue weighted by atomic mass is 32.2. The number of rotatable bonds is 7.